The van der Waals surface area contributed by atoms with E-state index in [1.165, 1.54) is 12.8 Å². The third kappa shape index (κ3) is 4.42. The SMILES string of the molecule is O=C(Cc1ccc(-c2csc(-c3ccncc3)n2)cc1)N1CCCCCC1. The highest BCUT2D eigenvalue weighted by Gasteiger charge is 2.16. The zero-order chi connectivity index (χ0) is 18.5. The summed E-state index contributed by atoms with van der Waals surface area (Å²) >= 11 is 1.63. The molecule has 0 spiro atoms. The van der Waals surface area contributed by atoms with Gasteiger partial charge in [0.25, 0.3) is 0 Å². The number of thiazole rings is 1. The Morgan fingerprint density at radius 1 is 0.926 bits per heavy atom. The minimum Gasteiger partial charge on any atom is -0.342 e. The van der Waals surface area contributed by atoms with E-state index in [4.69, 9.17) is 4.98 Å². The standard InChI is InChI=1S/C22H23N3OS/c26-21(25-13-3-1-2-4-14-25)15-17-5-7-18(8-6-17)20-16-27-22(24-20)19-9-11-23-12-10-19/h5-12,16H,1-4,13-15H2. The van der Waals surface area contributed by atoms with Crippen LogP contribution >= 0.6 is 11.3 Å². The highest BCUT2D eigenvalue weighted by atomic mass is 32.1. The number of aromatic nitrogens is 2. The van der Waals surface area contributed by atoms with Gasteiger partial charge in [0, 0.05) is 42.0 Å². The molecular formula is C22H23N3OS. The quantitative estimate of drug-likeness (QED) is 0.655. The molecule has 0 N–H and O–H groups in total. The second-order valence-electron chi connectivity index (χ2n) is 6.94. The number of benzene rings is 1. The van der Waals surface area contributed by atoms with Crippen molar-refractivity contribution in [1.29, 1.82) is 0 Å². The molecule has 4 nitrogen and oxygen atoms in total. The monoisotopic (exact) mass is 377 g/mol. The van der Waals surface area contributed by atoms with Crippen LogP contribution in [0.2, 0.25) is 0 Å². The molecule has 0 radical (unpaired) electrons. The van der Waals surface area contributed by atoms with Crippen molar-refractivity contribution in [3.05, 3.63) is 59.7 Å². The number of amides is 1. The van der Waals surface area contributed by atoms with Gasteiger partial charge in [-0.25, -0.2) is 4.98 Å². The molecule has 0 bridgehead atoms. The molecule has 0 saturated carbocycles. The third-order valence-corrected chi connectivity index (χ3v) is 5.89. The Bertz CT molecular complexity index is 881. The molecule has 1 amide bonds. The molecule has 1 aromatic carbocycles. The van der Waals surface area contributed by atoms with Gasteiger partial charge in [-0.1, -0.05) is 37.1 Å². The van der Waals surface area contributed by atoms with Gasteiger partial charge in [0.05, 0.1) is 12.1 Å². The summed E-state index contributed by atoms with van der Waals surface area (Å²) in [7, 11) is 0. The van der Waals surface area contributed by atoms with Crippen molar-refractivity contribution < 1.29 is 4.79 Å². The Morgan fingerprint density at radius 2 is 1.63 bits per heavy atom. The highest BCUT2D eigenvalue weighted by Crippen LogP contribution is 2.28. The number of hydrogen-bond donors (Lipinski definition) is 0. The van der Waals surface area contributed by atoms with Crippen molar-refractivity contribution in [1.82, 2.24) is 14.9 Å². The lowest BCUT2D eigenvalue weighted by atomic mass is 10.1. The molecule has 0 aliphatic carbocycles. The first kappa shape index (κ1) is 17.9. The van der Waals surface area contributed by atoms with Crippen molar-refractivity contribution in [2.24, 2.45) is 0 Å². The van der Waals surface area contributed by atoms with Crippen LogP contribution in [0.1, 0.15) is 31.2 Å². The number of pyridine rings is 1. The van der Waals surface area contributed by atoms with Gasteiger partial charge >= 0.3 is 0 Å². The molecule has 0 unspecified atom stereocenters. The summed E-state index contributed by atoms with van der Waals surface area (Å²) in [5.41, 5.74) is 4.20. The van der Waals surface area contributed by atoms with Crippen LogP contribution in [-0.2, 0) is 11.2 Å². The summed E-state index contributed by atoms with van der Waals surface area (Å²) in [4.78, 5) is 23.4. The van der Waals surface area contributed by atoms with Crippen LogP contribution in [0, 0.1) is 0 Å². The fourth-order valence-corrected chi connectivity index (χ4v) is 4.27. The van der Waals surface area contributed by atoms with E-state index in [1.54, 1.807) is 23.7 Å². The van der Waals surface area contributed by atoms with Gasteiger partial charge in [0.1, 0.15) is 5.01 Å². The Labute approximate surface area is 163 Å². The van der Waals surface area contributed by atoms with E-state index in [-0.39, 0.29) is 5.91 Å². The molecule has 2 aromatic heterocycles. The van der Waals surface area contributed by atoms with Crippen molar-refractivity contribution in [2.45, 2.75) is 32.1 Å². The lowest BCUT2D eigenvalue weighted by Crippen LogP contribution is -2.33. The molecule has 138 valence electrons. The van der Waals surface area contributed by atoms with Gasteiger partial charge in [-0.15, -0.1) is 11.3 Å². The van der Waals surface area contributed by atoms with Crippen LogP contribution in [-0.4, -0.2) is 33.9 Å². The summed E-state index contributed by atoms with van der Waals surface area (Å²) in [6.07, 6.45) is 8.81. The van der Waals surface area contributed by atoms with Crippen LogP contribution in [0.25, 0.3) is 21.8 Å². The lowest BCUT2D eigenvalue weighted by Gasteiger charge is -2.20. The van der Waals surface area contributed by atoms with E-state index in [0.717, 1.165) is 53.3 Å². The van der Waals surface area contributed by atoms with Crippen molar-refractivity contribution in [3.63, 3.8) is 0 Å². The van der Waals surface area contributed by atoms with Gasteiger partial charge in [0.2, 0.25) is 5.91 Å². The van der Waals surface area contributed by atoms with E-state index < -0.39 is 0 Å². The first-order chi connectivity index (χ1) is 13.3. The maximum atomic E-state index is 12.5. The van der Waals surface area contributed by atoms with E-state index in [2.05, 4.69) is 34.6 Å². The maximum absolute atomic E-state index is 12.5. The van der Waals surface area contributed by atoms with Gasteiger partial charge in [-0.3, -0.25) is 9.78 Å². The Balaban J connectivity index is 1.43. The molecule has 1 saturated heterocycles. The van der Waals surface area contributed by atoms with Crippen LogP contribution in [0.3, 0.4) is 0 Å². The number of carbonyl (C=O) groups excluding carboxylic acids is 1. The van der Waals surface area contributed by atoms with Crippen molar-refractivity contribution in [3.8, 4) is 21.8 Å². The Kier molecular flexibility index (Phi) is 5.58. The molecule has 4 rings (SSSR count). The summed E-state index contributed by atoms with van der Waals surface area (Å²) < 4.78 is 0. The second kappa shape index (κ2) is 8.44. The topological polar surface area (TPSA) is 46.1 Å². The smallest absolute Gasteiger partial charge is 0.226 e. The Morgan fingerprint density at radius 3 is 2.33 bits per heavy atom. The molecular weight excluding hydrogens is 354 g/mol. The molecule has 5 heteroatoms. The minimum absolute atomic E-state index is 0.248. The summed E-state index contributed by atoms with van der Waals surface area (Å²) in [5, 5.41) is 3.07. The van der Waals surface area contributed by atoms with Gasteiger partial charge in [0.15, 0.2) is 0 Å². The maximum Gasteiger partial charge on any atom is 0.226 e. The molecule has 27 heavy (non-hydrogen) atoms. The molecule has 1 aliphatic rings. The van der Waals surface area contributed by atoms with Crippen LogP contribution in [0.5, 0.6) is 0 Å². The van der Waals surface area contributed by atoms with Crippen molar-refractivity contribution in [2.75, 3.05) is 13.1 Å². The van der Waals surface area contributed by atoms with Gasteiger partial charge in [-0.2, -0.15) is 0 Å². The second-order valence-corrected chi connectivity index (χ2v) is 7.80. The van der Waals surface area contributed by atoms with E-state index >= 15 is 0 Å². The lowest BCUT2D eigenvalue weighted by molar-refractivity contribution is -0.130. The molecule has 1 aliphatic heterocycles. The van der Waals surface area contributed by atoms with E-state index in [1.807, 2.05) is 17.0 Å². The average Bonchev–Trinajstić information content (AvgIpc) is 3.04. The normalized spacial score (nSPS) is 14.7. The zero-order valence-corrected chi connectivity index (χ0v) is 16.1. The summed E-state index contributed by atoms with van der Waals surface area (Å²) in [6, 6.07) is 12.2. The molecule has 3 heterocycles. The number of likely N-dealkylation sites (tertiary alicyclic amines) is 1. The zero-order valence-electron chi connectivity index (χ0n) is 15.3. The first-order valence-electron chi connectivity index (χ1n) is 9.52. The fourth-order valence-electron chi connectivity index (χ4n) is 3.43. The first-order valence-corrected chi connectivity index (χ1v) is 10.4. The predicted molar refractivity (Wildman–Crippen MR) is 110 cm³/mol. The highest BCUT2D eigenvalue weighted by molar-refractivity contribution is 7.13. The van der Waals surface area contributed by atoms with Crippen LogP contribution < -0.4 is 0 Å². The third-order valence-electron chi connectivity index (χ3n) is 5.00. The van der Waals surface area contributed by atoms with Crippen molar-refractivity contribution >= 4 is 17.2 Å². The van der Waals surface area contributed by atoms with Crippen LogP contribution in [0.15, 0.2) is 54.2 Å². The number of hydrogen-bond acceptors (Lipinski definition) is 4. The largest absolute Gasteiger partial charge is 0.342 e. The minimum atomic E-state index is 0.248. The summed E-state index contributed by atoms with van der Waals surface area (Å²) in [5.74, 6) is 0.248. The van der Waals surface area contributed by atoms with E-state index in [9.17, 15) is 4.79 Å². The van der Waals surface area contributed by atoms with Gasteiger partial charge in [-0.05, 0) is 30.5 Å². The Hall–Kier alpha value is -2.53. The molecule has 1 fully saturated rings. The van der Waals surface area contributed by atoms with E-state index in [0.29, 0.717) is 6.42 Å². The summed E-state index contributed by atoms with van der Waals surface area (Å²) in [6.45, 7) is 1.82. The predicted octanol–water partition coefficient (Wildman–Crippen LogP) is 4.82. The number of rotatable bonds is 4. The number of carbonyl (C=O) groups is 1. The molecule has 3 aromatic rings. The molecule has 0 atom stereocenters. The average molecular weight is 378 g/mol. The van der Waals surface area contributed by atoms with Gasteiger partial charge < -0.3 is 4.90 Å². The van der Waals surface area contributed by atoms with Crippen LogP contribution in [0.4, 0.5) is 0 Å². The number of nitrogens with zero attached hydrogens (tertiary/aromatic N) is 3. The fraction of sp³-hybridized carbons (Fsp3) is 0.318.